The van der Waals surface area contributed by atoms with Gasteiger partial charge in [0.05, 0.1) is 11.5 Å². The topological polar surface area (TPSA) is 61.2 Å². The Bertz CT molecular complexity index is 656. The second-order valence-corrected chi connectivity index (χ2v) is 6.64. The van der Waals surface area contributed by atoms with Crippen molar-refractivity contribution < 1.29 is 9.59 Å². The number of nitrogens with zero attached hydrogens (tertiary/aromatic N) is 2. The third kappa shape index (κ3) is 2.04. The Labute approximate surface area is 134 Å². The average Bonchev–Trinajstić information content (AvgIpc) is 3.00. The van der Waals surface area contributed by atoms with E-state index >= 15 is 0 Å². The molecule has 1 aliphatic carbocycles. The molecule has 0 aromatic heterocycles. The van der Waals surface area contributed by atoms with Crippen LogP contribution < -0.4 is 0 Å². The van der Waals surface area contributed by atoms with E-state index < -0.39 is 17.2 Å². The normalized spacial score (nSPS) is 27.2. The molecule has 5 heteroatoms. The van der Waals surface area contributed by atoms with Gasteiger partial charge in [0.25, 0.3) is 0 Å². The molecule has 1 saturated heterocycles. The van der Waals surface area contributed by atoms with Gasteiger partial charge in [0.15, 0.2) is 0 Å². The summed E-state index contributed by atoms with van der Waals surface area (Å²) >= 11 is 5.95. The van der Waals surface area contributed by atoms with E-state index in [-0.39, 0.29) is 11.8 Å². The Morgan fingerprint density at radius 2 is 1.82 bits per heavy atom. The summed E-state index contributed by atoms with van der Waals surface area (Å²) in [4.78, 5) is 26.4. The first-order valence-electron chi connectivity index (χ1n) is 7.48. The van der Waals surface area contributed by atoms with E-state index in [1.807, 2.05) is 12.1 Å². The van der Waals surface area contributed by atoms with Gasteiger partial charge in [0.2, 0.25) is 11.8 Å². The third-order valence-electron chi connectivity index (χ3n) is 5.12. The van der Waals surface area contributed by atoms with Gasteiger partial charge in [-0.25, -0.2) is 0 Å². The van der Waals surface area contributed by atoms with Crippen molar-refractivity contribution in [1.82, 2.24) is 4.90 Å². The summed E-state index contributed by atoms with van der Waals surface area (Å²) in [5.41, 5.74) is 0.226. The minimum absolute atomic E-state index is 0.138. The summed E-state index contributed by atoms with van der Waals surface area (Å²) in [6.45, 7) is 0. The van der Waals surface area contributed by atoms with Crippen LogP contribution in [0.25, 0.3) is 0 Å². The first-order chi connectivity index (χ1) is 10.5. The van der Waals surface area contributed by atoms with E-state index in [9.17, 15) is 14.9 Å². The van der Waals surface area contributed by atoms with Crippen LogP contribution in [0.3, 0.4) is 0 Å². The SMILES string of the molecule is CN1C(=O)C(C#N)C(c2ccc(Cl)cc2)C2(CCCC2)C1=O. The molecule has 0 N–H and O–H groups in total. The van der Waals surface area contributed by atoms with Gasteiger partial charge in [0, 0.05) is 18.0 Å². The first-order valence-corrected chi connectivity index (χ1v) is 7.86. The van der Waals surface area contributed by atoms with Crippen LogP contribution in [0.1, 0.15) is 37.2 Å². The van der Waals surface area contributed by atoms with Gasteiger partial charge in [-0.15, -0.1) is 0 Å². The van der Waals surface area contributed by atoms with Gasteiger partial charge in [-0.1, -0.05) is 36.6 Å². The van der Waals surface area contributed by atoms with Crippen LogP contribution in [-0.4, -0.2) is 23.8 Å². The van der Waals surface area contributed by atoms with Crippen molar-refractivity contribution in [2.75, 3.05) is 7.05 Å². The maximum Gasteiger partial charge on any atom is 0.246 e. The van der Waals surface area contributed by atoms with E-state index in [4.69, 9.17) is 11.6 Å². The standard InChI is InChI=1S/C17H17ClN2O2/c1-20-15(21)13(10-19)14(11-4-6-12(18)7-5-11)17(16(20)22)8-2-3-9-17/h4-7,13-14H,2-3,8-9H2,1H3. The number of amides is 2. The van der Waals surface area contributed by atoms with Crippen LogP contribution in [0.4, 0.5) is 0 Å². The van der Waals surface area contributed by atoms with Crippen molar-refractivity contribution in [3.05, 3.63) is 34.9 Å². The minimum atomic E-state index is -0.818. The number of imide groups is 1. The summed E-state index contributed by atoms with van der Waals surface area (Å²) in [5.74, 6) is -1.73. The number of rotatable bonds is 1. The molecule has 1 aromatic rings. The Hall–Kier alpha value is -1.86. The second-order valence-electron chi connectivity index (χ2n) is 6.20. The van der Waals surface area contributed by atoms with Crippen molar-refractivity contribution in [3.8, 4) is 6.07 Å². The summed E-state index contributed by atoms with van der Waals surface area (Å²) in [6, 6.07) is 9.32. The molecule has 3 rings (SSSR count). The maximum absolute atomic E-state index is 12.8. The second kappa shape index (κ2) is 5.40. The fraction of sp³-hybridized carbons (Fsp3) is 0.471. The van der Waals surface area contributed by atoms with Crippen LogP contribution in [0.5, 0.6) is 0 Å². The first kappa shape index (κ1) is 15.1. The number of nitriles is 1. The molecular formula is C17H17ClN2O2. The number of benzene rings is 1. The van der Waals surface area contributed by atoms with Gasteiger partial charge >= 0.3 is 0 Å². The van der Waals surface area contributed by atoms with Crippen molar-refractivity contribution in [1.29, 1.82) is 5.26 Å². The zero-order valence-corrected chi connectivity index (χ0v) is 13.1. The van der Waals surface area contributed by atoms with Crippen molar-refractivity contribution in [3.63, 3.8) is 0 Å². The summed E-state index contributed by atoms with van der Waals surface area (Å²) in [5, 5.41) is 10.2. The number of carbonyl (C=O) groups is 2. The van der Waals surface area contributed by atoms with Gasteiger partial charge in [-0.3, -0.25) is 14.5 Å². The van der Waals surface area contributed by atoms with Gasteiger partial charge in [0.1, 0.15) is 5.92 Å². The Balaban J connectivity index is 2.16. The van der Waals surface area contributed by atoms with Gasteiger partial charge < -0.3 is 0 Å². The van der Waals surface area contributed by atoms with E-state index in [1.165, 1.54) is 7.05 Å². The highest BCUT2D eigenvalue weighted by atomic mass is 35.5. The molecule has 2 fully saturated rings. The largest absolute Gasteiger partial charge is 0.284 e. The number of hydrogen-bond acceptors (Lipinski definition) is 3. The molecule has 1 aliphatic heterocycles. The molecule has 1 saturated carbocycles. The molecule has 4 nitrogen and oxygen atoms in total. The van der Waals surface area contributed by atoms with Crippen molar-refractivity contribution in [2.45, 2.75) is 31.6 Å². The molecule has 1 spiro atoms. The molecule has 1 heterocycles. The summed E-state index contributed by atoms with van der Waals surface area (Å²) in [7, 11) is 1.49. The van der Waals surface area contributed by atoms with Crippen LogP contribution >= 0.6 is 11.6 Å². The summed E-state index contributed by atoms with van der Waals surface area (Å²) < 4.78 is 0. The van der Waals surface area contributed by atoms with Gasteiger partial charge in [-0.05, 0) is 30.5 Å². The molecule has 0 radical (unpaired) electrons. The number of piperidine rings is 1. The highest BCUT2D eigenvalue weighted by Crippen LogP contribution is 2.55. The van der Waals surface area contributed by atoms with E-state index in [1.54, 1.807) is 12.1 Å². The minimum Gasteiger partial charge on any atom is -0.284 e. The van der Waals surface area contributed by atoms with Crippen LogP contribution in [0, 0.1) is 22.7 Å². The fourth-order valence-corrected chi connectivity index (χ4v) is 4.21. The lowest BCUT2D eigenvalue weighted by Gasteiger charge is -2.45. The zero-order chi connectivity index (χ0) is 15.9. The smallest absolute Gasteiger partial charge is 0.246 e. The van der Waals surface area contributed by atoms with E-state index in [0.717, 1.165) is 36.1 Å². The van der Waals surface area contributed by atoms with Crippen LogP contribution in [0.2, 0.25) is 5.02 Å². The predicted molar refractivity (Wildman–Crippen MR) is 82.0 cm³/mol. The quantitative estimate of drug-likeness (QED) is 0.748. The number of hydrogen-bond donors (Lipinski definition) is 0. The Kier molecular flexibility index (Phi) is 3.70. The Morgan fingerprint density at radius 3 is 2.36 bits per heavy atom. The van der Waals surface area contributed by atoms with E-state index in [0.29, 0.717) is 5.02 Å². The lowest BCUT2D eigenvalue weighted by molar-refractivity contribution is -0.160. The summed E-state index contributed by atoms with van der Waals surface area (Å²) in [6.07, 6.45) is 3.37. The lowest BCUT2D eigenvalue weighted by atomic mass is 9.62. The van der Waals surface area contributed by atoms with Gasteiger partial charge in [-0.2, -0.15) is 5.26 Å². The van der Waals surface area contributed by atoms with Crippen molar-refractivity contribution in [2.24, 2.45) is 11.3 Å². The molecule has 2 aliphatic rings. The maximum atomic E-state index is 12.8. The molecule has 2 atom stereocenters. The molecule has 114 valence electrons. The molecule has 2 unspecified atom stereocenters. The average molecular weight is 317 g/mol. The Morgan fingerprint density at radius 1 is 1.23 bits per heavy atom. The van der Waals surface area contributed by atoms with Crippen LogP contribution in [-0.2, 0) is 9.59 Å². The lowest BCUT2D eigenvalue weighted by Crippen LogP contribution is -2.56. The third-order valence-corrected chi connectivity index (χ3v) is 5.37. The monoisotopic (exact) mass is 316 g/mol. The molecular weight excluding hydrogens is 300 g/mol. The number of carbonyl (C=O) groups excluding carboxylic acids is 2. The highest BCUT2D eigenvalue weighted by molar-refractivity contribution is 6.30. The van der Waals surface area contributed by atoms with E-state index in [2.05, 4.69) is 6.07 Å². The molecule has 2 amide bonds. The fourth-order valence-electron chi connectivity index (χ4n) is 4.08. The molecule has 0 bridgehead atoms. The highest BCUT2D eigenvalue weighted by Gasteiger charge is 2.58. The predicted octanol–water partition coefficient (Wildman–Crippen LogP) is 3.12. The molecule has 22 heavy (non-hydrogen) atoms. The molecule has 1 aromatic carbocycles. The number of halogens is 1. The van der Waals surface area contributed by atoms with Crippen molar-refractivity contribution >= 4 is 23.4 Å². The van der Waals surface area contributed by atoms with Crippen LogP contribution in [0.15, 0.2) is 24.3 Å². The zero-order valence-electron chi connectivity index (χ0n) is 12.4. The number of likely N-dealkylation sites (tertiary alicyclic amines) is 1.